The topological polar surface area (TPSA) is 40.1 Å². The van der Waals surface area contributed by atoms with Gasteiger partial charge in [0.2, 0.25) is 0 Å². The quantitative estimate of drug-likeness (QED) is 0.805. The van der Waals surface area contributed by atoms with Gasteiger partial charge in [-0.3, -0.25) is 0 Å². The Morgan fingerprint density at radius 2 is 1.55 bits per heavy atom. The average molecular weight is 265 g/mol. The monoisotopic (exact) mass is 265 g/mol. The van der Waals surface area contributed by atoms with E-state index < -0.39 is 11.9 Å². The van der Waals surface area contributed by atoms with E-state index in [0.717, 1.165) is 16.7 Å². The zero-order chi connectivity index (χ0) is 14.4. The third-order valence-electron chi connectivity index (χ3n) is 3.33. The number of allylic oxidation sites excluding steroid dienone is 1. The van der Waals surface area contributed by atoms with Crippen molar-refractivity contribution in [2.75, 3.05) is 0 Å². The molecule has 2 nitrogen and oxygen atoms in total. The molecule has 2 rings (SSSR count). The summed E-state index contributed by atoms with van der Waals surface area (Å²) in [6.45, 7) is 4.00. The van der Waals surface area contributed by atoms with Gasteiger partial charge in [-0.05, 0) is 29.5 Å². The Labute approximate surface area is 119 Å². The average Bonchev–Trinajstić information content (AvgIpc) is 2.48. The summed E-state index contributed by atoms with van der Waals surface area (Å²) < 4.78 is 0. The molecule has 0 aliphatic heterocycles. The lowest BCUT2D eigenvalue weighted by Gasteiger charge is -2.19. The molecule has 0 bridgehead atoms. The third-order valence-corrected chi connectivity index (χ3v) is 3.33. The first-order valence-corrected chi connectivity index (χ1v) is 6.65. The number of carbonyl (C=O) groups is 1. The summed E-state index contributed by atoms with van der Waals surface area (Å²) in [7, 11) is 0. The predicted molar refractivity (Wildman–Crippen MR) is 78.7 cm³/mol. The van der Waals surface area contributed by atoms with E-state index in [1.807, 2.05) is 60.7 Å². The van der Waals surface area contributed by atoms with Gasteiger partial charge in [0.05, 0.1) is 0 Å². The maximum atomic E-state index is 11.3. The Hall–Kier alpha value is -2.35. The normalized spacial score (nSPS) is 11.8. The number of benzene rings is 2. The van der Waals surface area contributed by atoms with E-state index in [2.05, 4.69) is 6.58 Å². The molecule has 1 atom stereocenters. The second-order valence-corrected chi connectivity index (χ2v) is 4.88. The first-order chi connectivity index (χ1) is 9.66. The van der Waals surface area contributed by atoms with E-state index in [4.69, 9.17) is 0 Å². The molecule has 2 heteroatoms. The number of carboxylic acids is 1. The van der Waals surface area contributed by atoms with Crippen molar-refractivity contribution in [1.29, 1.82) is 0 Å². The SMILES string of the molecule is C=C(C[C@@H](Cc1ccccc1)C(=O)[O-])c1ccccc1. The summed E-state index contributed by atoms with van der Waals surface area (Å²) in [6, 6.07) is 19.3. The largest absolute Gasteiger partial charge is 0.550 e. The van der Waals surface area contributed by atoms with Crippen molar-refractivity contribution in [3.05, 3.63) is 78.4 Å². The molecule has 0 saturated heterocycles. The Morgan fingerprint density at radius 1 is 1.00 bits per heavy atom. The van der Waals surface area contributed by atoms with Gasteiger partial charge in [0.1, 0.15) is 0 Å². The fraction of sp³-hybridized carbons (Fsp3) is 0.167. The van der Waals surface area contributed by atoms with Gasteiger partial charge in [-0.15, -0.1) is 0 Å². The zero-order valence-corrected chi connectivity index (χ0v) is 11.3. The van der Waals surface area contributed by atoms with Gasteiger partial charge in [0.25, 0.3) is 0 Å². The smallest absolute Gasteiger partial charge is 0.0451 e. The molecule has 0 heterocycles. The van der Waals surface area contributed by atoms with Crippen LogP contribution < -0.4 is 5.11 Å². The lowest BCUT2D eigenvalue weighted by molar-refractivity contribution is -0.311. The molecule has 0 aromatic heterocycles. The van der Waals surface area contributed by atoms with Crippen molar-refractivity contribution < 1.29 is 9.90 Å². The highest BCUT2D eigenvalue weighted by Crippen LogP contribution is 2.23. The summed E-state index contributed by atoms with van der Waals surface area (Å²) in [5, 5.41) is 11.3. The molecule has 102 valence electrons. The Morgan fingerprint density at radius 3 is 2.10 bits per heavy atom. The van der Waals surface area contributed by atoms with Gasteiger partial charge >= 0.3 is 0 Å². The molecule has 2 aromatic rings. The number of hydrogen-bond acceptors (Lipinski definition) is 2. The number of aliphatic carboxylic acids is 1. The highest BCUT2D eigenvalue weighted by molar-refractivity contribution is 5.73. The Bertz CT molecular complexity index is 573. The number of carboxylic acid groups (broad SMARTS) is 1. The molecule has 0 radical (unpaired) electrons. The molecule has 0 unspecified atom stereocenters. The summed E-state index contributed by atoms with van der Waals surface area (Å²) in [5.74, 6) is -1.57. The third kappa shape index (κ3) is 3.82. The van der Waals surface area contributed by atoms with Gasteiger partial charge in [-0.2, -0.15) is 0 Å². The number of hydrogen-bond donors (Lipinski definition) is 0. The van der Waals surface area contributed by atoms with E-state index in [1.54, 1.807) is 0 Å². The van der Waals surface area contributed by atoms with Crippen LogP contribution in [0.3, 0.4) is 0 Å². The molecule has 0 spiro atoms. The van der Waals surface area contributed by atoms with Crippen LogP contribution in [-0.2, 0) is 11.2 Å². The van der Waals surface area contributed by atoms with Crippen LogP contribution >= 0.6 is 0 Å². The molecular weight excluding hydrogens is 248 g/mol. The first-order valence-electron chi connectivity index (χ1n) is 6.65. The van der Waals surface area contributed by atoms with Crippen molar-refractivity contribution in [1.82, 2.24) is 0 Å². The maximum absolute atomic E-state index is 11.3. The molecule has 2 aromatic carbocycles. The number of carbonyl (C=O) groups excluding carboxylic acids is 1. The van der Waals surface area contributed by atoms with Crippen molar-refractivity contribution in [3.8, 4) is 0 Å². The van der Waals surface area contributed by atoms with Crippen molar-refractivity contribution in [2.45, 2.75) is 12.8 Å². The minimum absolute atomic E-state index is 0.404. The summed E-state index contributed by atoms with van der Waals surface area (Å²) >= 11 is 0. The maximum Gasteiger partial charge on any atom is 0.0451 e. The second kappa shape index (κ2) is 6.71. The van der Waals surface area contributed by atoms with Crippen molar-refractivity contribution in [2.24, 2.45) is 5.92 Å². The van der Waals surface area contributed by atoms with Crippen LogP contribution in [-0.4, -0.2) is 5.97 Å². The summed E-state index contributed by atoms with van der Waals surface area (Å²) in [6.07, 6.45) is 0.871. The van der Waals surface area contributed by atoms with Gasteiger partial charge in [0, 0.05) is 11.9 Å². The van der Waals surface area contributed by atoms with Gasteiger partial charge in [0.15, 0.2) is 0 Å². The van der Waals surface area contributed by atoms with Gasteiger partial charge in [-0.1, -0.05) is 67.2 Å². The minimum atomic E-state index is -1.02. The standard InChI is InChI=1S/C18H18O2/c1-14(16-10-6-3-7-11-16)12-17(18(19)20)13-15-8-4-2-5-9-15/h2-11,17H,1,12-13H2,(H,19,20)/p-1/t17-/m0/s1. The molecule has 20 heavy (non-hydrogen) atoms. The fourth-order valence-corrected chi connectivity index (χ4v) is 2.23. The van der Waals surface area contributed by atoms with Crippen LogP contribution in [0.4, 0.5) is 0 Å². The van der Waals surface area contributed by atoms with E-state index in [9.17, 15) is 9.90 Å². The highest BCUT2D eigenvalue weighted by Gasteiger charge is 2.13. The molecule has 0 fully saturated rings. The lowest BCUT2D eigenvalue weighted by Crippen LogP contribution is -2.32. The van der Waals surface area contributed by atoms with Gasteiger partial charge < -0.3 is 9.90 Å². The van der Waals surface area contributed by atoms with E-state index in [0.29, 0.717) is 12.8 Å². The van der Waals surface area contributed by atoms with Crippen LogP contribution in [0.25, 0.3) is 5.57 Å². The van der Waals surface area contributed by atoms with Crippen molar-refractivity contribution >= 4 is 11.5 Å². The second-order valence-electron chi connectivity index (χ2n) is 4.88. The molecular formula is C18H17O2-. The summed E-state index contributed by atoms with van der Waals surface area (Å²) in [4.78, 5) is 11.3. The van der Waals surface area contributed by atoms with Crippen LogP contribution in [0, 0.1) is 5.92 Å². The molecule has 0 N–H and O–H groups in total. The lowest BCUT2D eigenvalue weighted by atomic mass is 9.90. The fourth-order valence-electron chi connectivity index (χ4n) is 2.23. The molecule has 0 saturated carbocycles. The summed E-state index contributed by atoms with van der Waals surface area (Å²) in [5.41, 5.74) is 2.81. The molecule has 0 aliphatic carbocycles. The van der Waals surface area contributed by atoms with E-state index in [1.165, 1.54) is 0 Å². The van der Waals surface area contributed by atoms with Crippen LogP contribution in [0.15, 0.2) is 67.2 Å². The Balaban J connectivity index is 2.07. The first kappa shape index (κ1) is 14.1. The van der Waals surface area contributed by atoms with Crippen LogP contribution in [0.1, 0.15) is 17.5 Å². The van der Waals surface area contributed by atoms with Crippen LogP contribution in [0.2, 0.25) is 0 Å². The highest BCUT2D eigenvalue weighted by atomic mass is 16.4. The van der Waals surface area contributed by atoms with E-state index >= 15 is 0 Å². The van der Waals surface area contributed by atoms with Crippen molar-refractivity contribution in [3.63, 3.8) is 0 Å². The van der Waals surface area contributed by atoms with Gasteiger partial charge in [-0.25, -0.2) is 0 Å². The molecule has 0 amide bonds. The van der Waals surface area contributed by atoms with Crippen LogP contribution in [0.5, 0.6) is 0 Å². The Kier molecular flexibility index (Phi) is 4.72. The number of rotatable bonds is 6. The minimum Gasteiger partial charge on any atom is -0.550 e. The predicted octanol–water partition coefficient (Wildman–Crippen LogP) is 2.70. The zero-order valence-electron chi connectivity index (χ0n) is 11.3. The van der Waals surface area contributed by atoms with E-state index in [-0.39, 0.29) is 0 Å². The molecule has 0 aliphatic rings.